The standard InChI is InChI=1S/C16H24ClNO2/c1-2-19-15-9-5-6-10-16(15)20-12-11-18-14-8-4-3-7-13(14)17/h5-6,9-10,13-14,18H,2-4,7-8,11-12H2,1H3. The van der Waals surface area contributed by atoms with Gasteiger partial charge in [0, 0.05) is 18.0 Å². The minimum atomic E-state index is 0.263. The van der Waals surface area contributed by atoms with E-state index in [-0.39, 0.29) is 5.38 Å². The zero-order valence-corrected chi connectivity index (χ0v) is 12.9. The Bertz CT molecular complexity index is 400. The van der Waals surface area contributed by atoms with Crippen molar-refractivity contribution in [2.24, 2.45) is 0 Å². The fourth-order valence-electron chi connectivity index (χ4n) is 2.57. The largest absolute Gasteiger partial charge is 0.490 e. The summed E-state index contributed by atoms with van der Waals surface area (Å²) in [4.78, 5) is 0. The zero-order valence-electron chi connectivity index (χ0n) is 12.1. The molecule has 1 saturated carbocycles. The summed E-state index contributed by atoms with van der Waals surface area (Å²) in [6.45, 7) is 4.06. The molecule has 0 radical (unpaired) electrons. The first-order chi connectivity index (χ1) is 9.81. The molecular weight excluding hydrogens is 274 g/mol. The third-order valence-corrected chi connectivity index (χ3v) is 4.12. The van der Waals surface area contributed by atoms with Gasteiger partial charge >= 0.3 is 0 Å². The van der Waals surface area contributed by atoms with Crippen molar-refractivity contribution in [2.45, 2.75) is 44.0 Å². The molecule has 1 aromatic carbocycles. The Kier molecular flexibility index (Phi) is 6.48. The molecule has 1 aliphatic rings. The first kappa shape index (κ1) is 15.5. The van der Waals surface area contributed by atoms with Gasteiger partial charge in [0.15, 0.2) is 11.5 Å². The smallest absolute Gasteiger partial charge is 0.161 e. The predicted molar refractivity (Wildman–Crippen MR) is 83.0 cm³/mol. The maximum absolute atomic E-state index is 6.32. The van der Waals surface area contributed by atoms with Gasteiger partial charge in [0.2, 0.25) is 0 Å². The second-order valence-corrected chi connectivity index (χ2v) is 5.65. The minimum absolute atomic E-state index is 0.263. The highest BCUT2D eigenvalue weighted by molar-refractivity contribution is 6.21. The lowest BCUT2D eigenvalue weighted by Crippen LogP contribution is -2.41. The van der Waals surface area contributed by atoms with Crippen LogP contribution < -0.4 is 14.8 Å². The molecule has 0 heterocycles. The summed E-state index contributed by atoms with van der Waals surface area (Å²) in [6.07, 6.45) is 4.82. The van der Waals surface area contributed by atoms with Gasteiger partial charge in [0.1, 0.15) is 6.61 Å². The number of para-hydroxylation sites is 2. The number of hydrogen-bond donors (Lipinski definition) is 1. The van der Waals surface area contributed by atoms with Crippen LogP contribution in [0, 0.1) is 0 Å². The number of nitrogens with one attached hydrogen (secondary N) is 1. The van der Waals surface area contributed by atoms with Crippen molar-refractivity contribution in [1.82, 2.24) is 5.32 Å². The summed E-state index contributed by atoms with van der Waals surface area (Å²) >= 11 is 6.32. The molecule has 1 aliphatic carbocycles. The van der Waals surface area contributed by atoms with Gasteiger partial charge in [-0.2, -0.15) is 0 Å². The van der Waals surface area contributed by atoms with Crippen LogP contribution in [0.15, 0.2) is 24.3 Å². The van der Waals surface area contributed by atoms with Crippen LogP contribution in [0.5, 0.6) is 11.5 Å². The summed E-state index contributed by atoms with van der Waals surface area (Å²) in [7, 11) is 0. The van der Waals surface area contributed by atoms with Gasteiger partial charge in [-0.05, 0) is 31.9 Å². The van der Waals surface area contributed by atoms with Crippen molar-refractivity contribution in [1.29, 1.82) is 0 Å². The van der Waals surface area contributed by atoms with Crippen LogP contribution in [0.2, 0.25) is 0 Å². The predicted octanol–water partition coefficient (Wildman–Crippen LogP) is 3.60. The van der Waals surface area contributed by atoms with Crippen molar-refractivity contribution < 1.29 is 9.47 Å². The SMILES string of the molecule is CCOc1ccccc1OCCNC1CCCCC1Cl. The molecular formula is C16H24ClNO2. The van der Waals surface area contributed by atoms with E-state index >= 15 is 0 Å². The van der Waals surface area contributed by atoms with Gasteiger partial charge in [0.25, 0.3) is 0 Å². The summed E-state index contributed by atoms with van der Waals surface area (Å²) in [5.41, 5.74) is 0. The van der Waals surface area contributed by atoms with Crippen LogP contribution >= 0.6 is 11.6 Å². The van der Waals surface area contributed by atoms with Gasteiger partial charge in [-0.3, -0.25) is 0 Å². The second kappa shape index (κ2) is 8.38. The van der Waals surface area contributed by atoms with E-state index in [1.54, 1.807) is 0 Å². The van der Waals surface area contributed by atoms with E-state index in [9.17, 15) is 0 Å². The van der Waals surface area contributed by atoms with Crippen LogP contribution in [0.1, 0.15) is 32.6 Å². The molecule has 0 bridgehead atoms. The third kappa shape index (κ3) is 4.57. The molecule has 0 aliphatic heterocycles. The molecule has 2 rings (SSSR count). The van der Waals surface area contributed by atoms with Gasteiger partial charge < -0.3 is 14.8 Å². The van der Waals surface area contributed by atoms with Crippen molar-refractivity contribution in [3.05, 3.63) is 24.3 Å². The Balaban J connectivity index is 1.73. The summed E-state index contributed by atoms with van der Waals surface area (Å²) in [6, 6.07) is 8.21. The highest BCUT2D eigenvalue weighted by Gasteiger charge is 2.22. The van der Waals surface area contributed by atoms with Crippen LogP contribution in [0.25, 0.3) is 0 Å². The first-order valence-electron chi connectivity index (χ1n) is 7.53. The van der Waals surface area contributed by atoms with Crippen LogP contribution in [-0.2, 0) is 0 Å². The lowest BCUT2D eigenvalue weighted by Gasteiger charge is -2.28. The molecule has 4 heteroatoms. The normalized spacial score (nSPS) is 22.5. The Labute approximate surface area is 126 Å². The van der Waals surface area contributed by atoms with E-state index < -0.39 is 0 Å². The summed E-state index contributed by atoms with van der Waals surface area (Å²) in [5, 5.41) is 3.76. The number of hydrogen-bond acceptors (Lipinski definition) is 3. The molecule has 2 unspecified atom stereocenters. The Morgan fingerprint density at radius 2 is 1.85 bits per heavy atom. The number of alkyl halides is 1. The van der Waals surface area contributed by atoms with Gasteiger partial charge in [-0.25, -0.2) is 0 Å². The molecule has 1 N–H and O–H groups in total. The van der Waals surface area contributed by atoms with Gasteiger partial charge in [-0.1, -0.05) is 25.0 Å². The fourth-order valence-corrected chi connectivity index (χ4v) is 2.93. The molecule has 1 aromatic rings. The van der Waals surface area contributed by atoms with E-state index in [1.807, 2.05) is 31.2 Å². The Hall–Kier alpha value is -0.930. The number of rotatable bonds is 7. The highest BCUT2D eigenvalue weighted by Crippen LogP contribution is 2.26. The number of ether oxygens (including phenoxy) is 2. The lowest BCUT2D eigenvalue weighted by molar-refractivity contribution is 0.265. The van der Waals surface area contributed by atoms with Crippen molar-refractivity contribution in [2.75, 3.05) is 19.8 Å². The van der Waals surface area contributed by atoms with E-state index in [1.165, 1.54) is 19.3 Å². The third-order valence-electron chi connectivity index (χ3n) is 3.60. The Morgan fingerprint density at radius 3 is 2.55 bits per heavy atom. The van der Waals surface area contributed by atoms with E-state index in [4.69, 9.17) is 21.1 Å². The average Bonchev–Trinajstić information content (AvgIpc) is 2.47. The monoisotopic (exact) mass is 297 g/mol. The molecule has 0 aromatic heterocycles. The maximum Gasteiger partial charge on any atom is 0.161 e. The van der Waals surface area contributed by atoms with Crippen molar-refractivity contribution >= 4 is 11.6 Å². The van der Waals surface area contributed by atoms with Gasteiger partial charge in [-0.15, -0.1) is 11.6 Å². The maximum atomic E-state index is 6.32. The van der Waals surface area contributed by atoms with Crippen LogP contribution in [0.3, 0.4) is 0 Å². The lowest BCUT2D eigenvalue weighted by atomic mass is 9.95. The van der Waals surface area contributed by atoms with Crippen molar-refractivity contribution in [3.63, 3.8) is 0 Å². The van der Waals surface area contributed by atoms with E-state index in [2.05, 4.69) is 5.32 Å². The number of benzene rings is 1. The zero-order chi connectivity index (χ0) is 14.2. The molecule has 1 fully saturated rings. The van der Waals surface area contributed by atoms with Gasteiger partial charge in [0.05, 0.1) is 6.61 Å². The highest BCUT2D eigenvalue weighted by atomic mass is 35.5. The Morgan fingerprint density at radius 1 is 1.15 bits per heavy atom. The summed E-state index contributed by atoms with van der Waals surface area (Å²) in [5.74, 6) is 1.62. The molecule has 2 atom stereocenters. The average molecular weight is 298 g/mol. The number of halogens is 1. The van der Waals surface area contributed by atoms with Crippen LogP contribution in [0.4, 0.5) is 0 Å². The van der Waals surface area contributed by atoms with E-state index in [0.717, 1.165) is 24.5 Å². The summed E-state index contributed by atoms with van der Waals surface area (Å²) < 4.78 is 11.3. The molecule has 112 valence electrons. The topological polar surface area (TPSA) is 30.5 Å². The minimum Gasteiger partial charge on any atom is -0.490 e. The second-order valence-electron chi connectivity index (χ2n) is 5.09. The van der Waals surface area contributed by atoms with E-state index in [0.29, 0.717) is 19.3 Å². The van der Waals surface area contributed by atoms with Crippen LogP contribution in [-0.4, -0.2) is 31.2 Å². The quantitative estimate of drug-likeness (QED) is 0.616. The molecule has 3 nitrogen and oxygen atoms in total. The molecule has 0 amide bonds. The van der Waals surface area contributed by atoms with Crippen molar-refractivity contribution in [3.8, 4) is 11.5 Å². The fraction of sp³-hybridized carbons (Fsp3) is 0.625. The molecule has 0 saturated heterocycles. The first-order valence-corrected chi connectivity index (χ1v) is 7.97. The molecule has 0 spiro atoms. The molecule has 20 heavy (non-hydrogen) atoms.